The second kappa shape index (κ2) is 11.3. The van der Waals surface area contributed by atoms with E-state index in [1.165, 1.54) is 12.0 Å². The maximum atomic E-state index is 13.6. The molecule has 2 heterocycles. The van der Waals surface area contributed by atoms with Gasteiger partial charge in [-0.2, -0.15) is 0 Å². The second-order valence-corrected chi connectivity index (χ2v) is 8.68. The molecule has 0 spiro atoms. The summed E-state index contributed by atoms with van der Waals surface area (Å²) in [6, 6.07) is 7.90. The van der Waals surface area contributed by atoms with Crippen LogP contribution in [0.1, 0.15) is 27.1 Å². The fourth-order valence-electron chi connectivity index (χ4n) is 4.45. The maximum absolute atomic E-state index is 13.6. The third kappa shape index (κ3) is 5.91. The molecule has 0 radical (unpaired) electrons. The molecule has 9 nitrogen and oxygen atoms in total. The number of anilines is 2. The molecule has 0 aliphatic carbocycles. The van der Waals surface area contributed by atoms with Crippen molar-refractivity contribution in [2.75, 3.05) is 69.7 Å². The Morgan fingerprint density at radius 3 is 2.19 bits per heavy atom. The number of carbonyl (C=O) groups excluding carboxylic acids is 3. The molecule has 192 valence electrons. The molecular weight excluding hydrogens is 472 g/mol. The van der Waals surface area contributed by atoms with Crippen molar-refractivity contribution in [3.63, 3.8) is 0 Å². The highest BCUT2D eigenvalue weighted by Gasteiger charge is 2.26. The van der Waals surface area contributed by atoms with Gasteiger partial charge < -0.3 is 24.8 Å². The van der Waals surface area contributed by atoms with Gasteiger partial charge in [0.15, 0.2) is 0 Å². The van der Waals surface area contributed by atoms with Crippen molar-refractivity contribution < 1.29 is 27.9 Å². The van der Waals surface area contributed by atoms with Crippen molar-refractivity contribution in [2.24, 2.45) is 0 Å². The second-order valence-electron chi connectivity index (χ2n) is 8.68. The summed E-state index contributed by atoms with van der Waals surface area (Å²) in [5.41, 5.74) is 1.51. The molecule has 2 fully saturated rings. The van der Waals surface area contributed by atoms with E-state index in [9.17, 15) is 23.2 Å². The minimum absolute atomic E-state index is 0.0411. The Kier molecular flexibility index (Phi) is 7.99. The van der Waals surface area contributed by atoms with Crippen LogP contribution in [0.25, 0.3) is 0 Å². The Bertz CT molecular complexity index is 1110. The number of carbonyl (C=O) groups is 3. The van der Waals surface area contributed by atoms with Crippen molar-refractivity contribution in [1.29, 1.82) is 0 Å². The van der Waals surface area contributed by atoms with Gasteiger partial charge in [-0.05, 0) is 43.3 Å². The summed E-state index contributed by atoms with van der Waals surface area (Å²) < 4.78 is 31.9. The van der Waals surface area contributed by atoms with Crippen molar-refractivity contribution in [3.8, 4) is 0 Å². The van der Waals surface area contributed by atoms with Gasteiger partial charge in [-0.15, -0.1) is 0 Å². The quantitative estimate of drug-likeness (QED) is 0.669. The number of nitrogens with one attached hydrogen (secondary N) is 2. The van der Waals surface area contributed by atoms with Crippen LogP contribution >= 0.6 is 0 Å². The third-order valence-electron chi connectivity index (χ3n) is 6.31. The Morgan fingerprint density at radius 2 is 1.50 bits per heavy atom. The molecule has 2 aromatic rings. The van der Waals surface area contributed by atoms with Crippen molar-refractivity contribution in [3.05, 3.63) is 59.2 Å². The van der Waals surface area contributed by atoms with Gasteiger partial charge in [0, 0.05) is 63.0 Å². The first-order valence-electron chi connectivity index (χ1n) is 11.8. The average molecular weight is 502 g/mol. The van der Waals surface area contributed by atoms with Crippen molar-refractivity contribution in [1.82, 2.24) is 15.1 Å². The smallest absolute Gasteiger partial charge is 0.411 e. The lowest BCUT2D eigenvalue weighted by atomic mass is 10.1. The van der Waals surface area contributed by atoms with Crippen LogP contribution in [0.5, 0.6) is 0 Å². The molecule has 3 amide bonds. The van der Waals surface area contributed by atoms with E-state index in [0.717, 1.165) is 37.7 Å². The van der Waals surface area contributed by atoms with Gasteiger partial charge in [0.2, 0.25) is 0 Å². The summed E-state index contributed by atoms with van der Waals surface area (Å²) >= 11 is 0. The number of methoxy groups -OCH3 is 1. The summed E-state index contributed by atoms with van der Waals surface area (Å²) in [6.45, 7) is 4.31. The van der Waals surface area contributed by atoms with Gasteiger partial charge in [-0.3, -0.25) is 14.9 Å². The lowest BCUT2D eigenvalue weighted by molar-refractivity contribution is 0.0743. The van der Waals surface area contributed by atoms with Crippen LogP contribution in [0.15, 0.2) is 36.4 Å². The van der Waals surface area contributed by atoms with E-state index >= 15 is 0 Å². The van der Waals surface area contributed by atoms with Gasteiger partial charge in [0.05, 0.1) is 18.5 Å². The van der Waals surface area contributed by atoms with Crippen LogP contribution in [0.3, 0.4) is 0 Å². The Balaban J connectivity index is 1.50. The maximum Gasteiger partial charge on any atom is 0.411 e. The summed E-state index contributed by atoms with van der Waals surface area (Å²) in [7, 11) is 1.26. The predicted octanol–water partition coefficient (Wildman–Crippen LogP) is 2.54. The highest BCUT2D eigenvalue weighted by Crippen LogP contribution is 2.29. The van der Waals surface area contributed by atoms with E-state index in [2.05, 4.69) is 10.6 Å². The van der Waals surface area contributed by atoms with Crippen LogP contribution in [-0.2, 0) is 4.74 Å². The molecule has 11 heteroatoms. The van der Waals surface area contributed by atoms with Crippen LogP contribution in [0, 0.1) is 11.6 Å². The first kappa shape index (κ1) is 25.4. The van der Waals surface area contributed by atoms with Gasteiger partial charge in [-0.1, -0.05) is 0 Å². The number of piperazine rings is 1. The summed E-state index contributed by atoms with van der Waals surface area (Å²) in [4.78, 5) is 43.2. The lowest BCUT2D eigenvalue weighted by Crippen LogP contribution is -2.49. The van der Waals surface area contributed by atoms with Crippen molar-refractivity contribution in [2.45, 2.75) is 6.42 Å². The highest BCUT2D eigenvalue weighted by atomic mass is 19.1. The normalized spacial score (nSPS) is 16.4. The van der Waals surface area contributed by atoms with Crippen LogP contribution in [0.2, 0.25) is 0 Å². The first-order chi connectivity index (χ1) is 17.4. The standard InChI is InChI=1S/C25H29F2N5O4/c1-36-25(35)29-21-15-17(23(33)31-7-2-5-28-6-8-31)3-4-22(21)30-9-11-32(12-10-30)24(34)18-13-19(26)16-20(27)14-18/h3-4,13-16,28H,2,5-12H2,1H3,(H,29,35). The van der Waals surface area contributed by atoms with Gasteiger partial charge in [0.25, 0.3) is 11.8 Å². The molecule has 36 heavy (non-hydrogen) atoms. The predicted molar refractivity (Wildman–Crippen MR) is 130 cm³/mol. The molecule has 2 aliphatic heterocycles. The van der Waals surface area contributed by atoms with Crippen LogP contribution in [-0.4, -0.2) is 87.2 Å². The molecule has 2 aliphatic rings. The lowest BCUT2D eigenvalue weighted by Gasteiger charge is -2.37. The van der Waals surface area contributed by atoms with E-state index in [1.54, 1.807) is 23.1 Å². The number of benzene rings is 2. The number of hydrogen-bond acceptors (Lipinski definition) is 6. The topological polar surface area (TPSA) is 94.2 Å². The van der Waals surface area contributed by atoms with Crippen LogP contribution < -0.4 is 15.5 Å². The van der Waals surface area contributed by atoms with Gasteiger partial charge in [-0.25, -0.2) is 13.6 Å². The zero-order valence-electron chi connectivity index (χ0n) is 20.1. The molecule has 2 saturated heterocycles. The fraction of sp³-hybridized carbons (Fsp3) is 0.400. The molecule has 0 bridgehead atoms. The molecule has 0 saturated carbocycles. The summed E-state index contributed by atoms with van der Waals surface area (Å²) in [5, 5.41) is 5.96. The highest BCUT2D eigenvalue weighted by molar-refractivity contribution is 5.99. The first-order valence-corrected chi connectivity index (χ1v) is 11.8. The molecule has 2 aromatic carbocycles. The number of halogens is 2. The van der Waals surface area contributed by atoms with Gasteiger partial charge in [0.1, 0.15) is 11.6 Å². The molecule has 4 rings (SSSR count). The number of rotatable bonds is 4. The van der Waals surface area contributed by atoms with Gasteiger partial charge >= 0.3 is 6.09 Å². The molecule has 0 aromatic heterocycles. The van der Waals surface area contributed by atoms with Crippen molar-refractivity contribution >= 4 is 29.3 Å². The fourth-order valence-corrected chi connectivity index (χ4v) is 4.45. The minimum Gasteiger partial charge on any atom is -0.453 e. The monoisotopic (exact) mass is 501 g/mol. The minimum atomic E-state index is -0.804. The summed E-state index contributed by atoms with van der Waals surface area (Å²) in [5.74, 6) is -2.17. The zero-order chi connectivity index (χ0) is 25.7. The van der Waals surface area contributed by atoms with E-state index in [0.29, 0.717) is 56.2 Å². The Hall–Kier alpha value is -3.73. The van der Waals surface area contributed by atoms with E-state index < -0.39 is 23.6 Å². The van der Waals surface area contributed by atoms with Crippen LogP contribution in [0.4, 0.5) is 25.0 Å². The number of ether oxygens (including phenoxy) is 1. The number of nitrogens with zero attached hydrogens (tertiary/aromatic N) is 3. The largest absolute Gasteiger partial charge is 0.453 e. The molecule has 0 atom stereocenters. The summed E-state index contributed by atoms with van der Waals surface area (Å²) in [6.07, 6.45) is 0.198. The SMILES string of the molecule is COC(=O)Nc1cc(C(=O)N2CCCNCC2)ccc1N1CCN(C(=O)c2cc(F)cc(F)c2)CC1. The number of hydrogen-bond donors (Lipinski definition) is 2. The van der Waals surface area contributed by atoms with E-state index in [4.69, 9.17) is 4.74 Å². The zero-order valence-corrected chi connectivity index (χ0v) is 20.1. The Morgan fingerprint density at radius 1 is 0.833 bits per heavy atom. The molecule has 2 N–H and O–H groups in total. The number of amides is 3. The molecular formula is C25H29F2N5O4. The van der Waals surface area contributed by atoms with E-state index in [-0.39, 0.29) is 11.5 Å². The Labute approximate surface area is 208 Å². The van der Waals surface area contributed by atoms with E-state index in [1.807, 2.05) is 4.90 Å². The molecule has 0 unspecified atom stereocenters. The third-order valence-corrected chi connectivity index (χ3v) is 6.31. The average Bonchev–Trinajstić information content (AvgIpc) is 3.17.